The maximum atomic E-state index is 11.9. The topological polar surface area (TPSA) is 35.6 Å². The predicted molar refractivity (Wildman–Crippen MR) is 59.8 cm³/mol. The molecule has 1 unspecified atom stereocenters. The van der Waals surface area contributed by atoms with Crippen LogP contribution >= 0.6 is 0 Å². The van der Waals surface area contributed by atoms with Crippen molar-refractivity contribution in [2.24, 2.45) is 0 Å². The van der Waals surface area contributed by atoms with Crippen LogP contribution in [0.1, 0.15) is 25.7 Å². The highest BCUT2D eigenvalue weighted by molar-refractivity contribution is 5.75. The largest absolute Gasteiger partial charge is 0.335 e. The normalized spacial score (nSPS) is 26.1. The molecule has 15 heavy (non-hydrogen) atoms. The number of nitrogens with one attached hydrogen (secondary N) is 1. The minimum Gasteiger partial charge on any atom is -0.335 e. The minimum absolute atomic E-state index is 0.154. The first-order chi connectivity index (χ1) is 7.16. The van der Waals surface area contributed by atoms with Crippen LogP contribution in [0.25, 0.3) is 0 Å². The Morgan fingerprint density at radius 1 is 1.40 bits per heavy atom. The van der Waals surface area contributed by atoms with E-state index in [1.54, 1.807) is 0 Å². The molecule has 0 radical (unpaired) electrons. The summed E-state index contributed by atoms with van der Waals surface area (Å²) in [6.45, 7) is 1.91. The molecule has 2 rings (SSSR count). The SMILES string of the molecule is CN(C)CC1CCCN1C(=O)NC1CC1. The second-order valence-electron chi connectivity index (χ2n) is 4.98. The third-order valence-corrected chi connectivity index (χ3v) is 3.12. The predicted octanol–water partition coefficient (Wildman–Crippen LogP) is 0.884. The Balaban J connectivity index is 1.85. The molecule has 2 aliphatic rings. The lowest BCUT2D eigenvalue weighted by atomic mass is 10.2. The van der Waals surface area contributed by atoms with Crippen LogP contribution in [0.2, 0.25) is 0 Å². The van der Waals surface area contributed by atoms with Gasteiger partial charge in [0.1, 0.15) is 0 Å². The summed E-state index contributed by atoms with van der Waals surface area (Å²) in [5, 5.41) is 3.07. The summed E-state index contributed by atoms with van der Waals surface area (Å²) in [6, 6.07) is 1.04. The van der Waals surface area contributed by atoms with Crippen molar-refractivity contribution in [3.63, 3.8) is 0 Å². The number of hydrogen-bond acceptors (Lipinski definition) is 2. The molecule has 1 aliphatic carbocycles. The van der Waals surface area contributed by atoms with Crippen LogP contribution < -0.4 is 5.32 Å². The van der Waals surface area contributed by atoms with E-state index in [0.717, 1.165) is 38.8 Å². The van der Waals surface area contributed by atoms with Crippen LogP contribution in [0, 0.1) is 0 Å². The summed E-state index contributed by atoms with van der Waals surface area (Å²) in [7, 11) is 4.13. The van der Waals surface area contributed by atoms with Crippen molar-refractivity contribution in [3.8, 4) is 0 Å². The molecule has 1 atom stereocenters. The van der Waals surface area contributed by atoms with Crippen molar-refractivity contribution in [2.75, 3.05) is 27.2 Å². The Bertz CT molecular complexity index is 238. The summed E-state index contributed by atoms with van der Waals surface area (Å²) in [5.41, 5.74) is 0. The van der Waals surface area contributed by atoms with Gasteiger partial charge in [0.2, 0.25) is 0 Å². The zero-order chi connectivity index (χ0) is 10.8. The second-order valence-corrected chi connectivity index (χ2v) is 4.98. The van der Waals surface area contributed by atoms with Crippen molar-refractivity contribution in [1.82, 2.24) is 15.1 Å². The number of likely N-dealkylation sites (N-methyl/N-ethyl adjacent to an activating group) is 1. The van der Waals surface area contributed by atoms with Gasteiger partial charge in [-0.2, -0.15) is 0 Å². The number of carbonyl (C=O) groups excluding carboxylic acids is 1. The summed E-state index contributed by atoms with van der Waals surface area (Å²) < 4.78 is 0. The maximum absolute atomic E-state index is 11.9. The lowest BCUT2D eigenvalue weighted by Crippen LogP contribution is -2.46. The molecule has 1 saturated carbocycles. The molecule has 1 saturated heterocycles. The standard InChI is InChI=1S/C11H21N3O/c1-13(2)8-10-4-3-7-14(10)11(15)12-9-5-6-9/h9-10H,3-8H2,1-2H3,(H,12,15). The molecule has 1 N–H and O–H groups in total. The van der Waals surface area contributed by atoms with Gasteiger partial charge in [0, 0.05) is 25.2 Å². The average molecular weight is 211 g/mol. The molecule has 0 aromatic carbocycles. The lowest BCUT2D eigenvalue weighted by molar-refractivity contribution is 0.180. The Morgan fingerprint density at radius 2 is 2.13 bits per heavy atom. The number of rotatable bonds is 3. The van der Waals surface area contributed by atoms with Crippen LogP contribution in [0.3, 0.4) is 0 Å². The Hall–Kier alpha value is -0.770. The molecule has 86 valence electrons. The number of carbonyl (C=O) groups is 1. The molecular weight excluding hydrogens is 190 g/mol. The molecular formula is C11H21N3O. The van der Waals surface area contributed by atoms with Gasteiger partial charge < -0.3 is 15.1 Å². The van der Waals surface area contributed by atoms with Crippen molar-refractivity contribution < 1.29 is 4.79 Å². The minimum atomic E-state index is 0.154. The third kappa shape index (κ3) is 2.84. The number of nitrogens with zero attached hydrogens (tertiary/aromatic N) is 2. The van der Waals surface area contributed by atoms with Crippen molar-refractivity contribution in [2.45, 2.75) is 37.8 Å². The average Bonchev–Trinajstić information content (AvgIpc) is 2.83. The van der Waals surface area contributed by atoms with Crippen LogP contribution in [0.15, 0.2) is 0 Å². The molecule has 0 bridgehead atoms. The van der Waals surface area contributed by atoms with E-state index < -0.39 is 0 Å². The zero-order valence-corrected chi connectivity index (χ0v) is 9.70. The Kier molecular flexibility index (Phi) is 3.14. The molecule has 0 aromatic heterocycles. The molecule has 0 spiro atoms. The van der Waals surface area contributed by atoms with Crippen molar-refractivity contribution >= 4 is 6.03 Å². The van der Waals surface area contributed by atoms with E-state index in [1.807, 2.05) is 4.90 Å². The van der Waals surface area contributed by atoms with Gasteiger partial charge in [0.25, 0.3) is 0 Å². The summed E-state index contributed by atoms with van der Waals surface area (Å²) in [4.78, 5) is 16.1. The number of amides is 2. The number of hydrogen-bond donors (Lipinski definition) is 1. The van der Waals surface area contributed by atoms with Crippen molar-refractivity contribution in [1.29, 1.82) is 0 Å². The molecule has 0 aromatic rings. The van der Waals surface area contributed by atoms with E-state index in [9.17, 15) is 4.79 Å². The van der Waals surface area contributed by atoms with Gasteiger partial charge >= 0.3 is 6.03 Å². The van der Waals surface area contributed by atoms with Gasteiger partial charge in [0.15, 0.2) is 0 Å². The van der Waals surface area contributed by atoms with E-state index in [4.69, 9.17) is 0 Å². The van der Waals surface area contributed by atoms with E-state index in [2.05, 4.69) is 24.3 Å². The molecule has 2 fully saturated rings. The molecule has 1 aliphatic heterocycles. The highest BCUT2D eigenvalue weighted by Gasteiger charge is 2.32. The van der Waals surface area contributed by atoms with Gasteiger partial charge in [-0.3, -0.25) is 0 Å². The van der Waals surface area contributed by atoms with Gasteiger partial charge in [-0.15, -0.1) is 0 Å². The van der Waals surface area contributed by atoms with Gasteiger partial charge in [0.05, 0.1) is 0 Å². The van der Waals surface area contributed by atoms with Gasteiger partial charge in [-0.25, -0.2) is 4.79 Å². The lowest BCUT2D eigenvalue weighted by Gasteiger charge is -2.27. The third-order valence-electron chi connectivity index (χ3n) is 3.12. The number of urea groups is 1. The first-order valence-electron chi connectivity index (χ1n) is 5.88. The van der Waals surface area contributed by atoms with Gasteiger partial charge in [-0.1, -0.05) is 0 Å². The van der Waals surface area contributed by atoms with Crippen LogP contribution in [0.5, 0.6) is 0 Å². The van der Waals surface area contributed by atoms with E-state index in [0.29, 0.717) is 12.1 Å². The first kappa shape index (κ1) is 10.7. The summed E-state index contributed by atoms with van der Waals surface area (Å²) in [5.74, 6) is 0. The van der Waals surface area contributed by atoms with E-state index in [1.165, 1.54) is 0 Å². The maximum Gasteiger partial charge on any atom is 0.317 e. The Morgan fingerprint density at radius 3 is 2.73 bits per heavy atom. The molecule has 4 nitrogen and oxygen atoms in total. The quantitative estimate of drug-likeness (QED) is 0.752. The van der Waals surface area contributed by atoms with Crippen LogP contribution in [-0.4, -0.2) is 55.1 Å². The zero-order valence-electron chi connectivity index (χ0n) is 9.70. The molecule has 2 amide bonds. The van der Waals surface area contributed by atoms with Gasteiger partial charge in [-0.05, 0) is 39.8 Å². The molecule has 4 heteroatoms. The number of likely N-dealkylation sites (tertiary alicyclic amines) is 1. The highest BCUT2D eigenvalue weighted by atomic mass is 16.2. The molecule has 1 heterocycles. The fourth-order valence-electron chi connectivity index (χ4n) is 2.20. The van der Waals surface area contributed by atoms with Crippen LogP contribution in [-0.2, 0) is 0 Å². The van der Waals surface area contributed by atoms with Crippen LogP contribution in [0.4, 0.5) is 4.79 Å². The fourth-order valence-corrected chi connectivity index (χ4v) is 2.20. The smallest absolute Gasteiger partial charge is 0.317 e. The summed E-state index contributed by atoms with van der Waals surface area (Å²) in [6.07, 6.45) is 4.63. The van der Waals surface area contributed by atoms with Crippen molar-refractivity contribution in [3.05, 3.63) is 0 Å². The second kappa shape index (κ2) is 4.39. The summed E-state index contributed by atoms with van der Waals surface area (Å²) >= 11 is 0. The van der Waals surface area contributed by atoms with E-state index in [-0.39, 0.29) is 6.03 Å². The monoisotopic (exact) mass is 211 g/mol. The first-order valence-corrected chi connectivity index (χ1v) is 5.88. The fraction of sp³-hybridized carbons (Fsp3) is 0.909. The van der Waals surface area contributed by atoms with E-state index >= 15 is 0 Å². The Labute approximate surface area is 91.6 Å². The highest BCUT2D eigenvalue weighted by Crippen LogP contribution is 2.22.